The molecule has 0 saturated carbocycles. The smallest absolute Gasteiger partial charge is 0.259 e. The number of nitrogens with one attached hydrogen (secondary N) is 2. The lowest BCUT2D eigenvalue weighted by Crippen LogP contribution is -2.35. The van der Waals surface area contributed by atoms with Crippen LogP contribution >= 0.6 is 0 Å². The molecule has 0 atom stereocenters. The van der Waals surface area contributed by atoms with E-state index in [0.29, 0.717) is 5.71 Å². The van der Waals surface area contributed by atoms with Gasteiger partial charge in [-0.15, -0.1) is 0 Å². The molecule has 0 aliphatic carbocycles. The van der Waals surface area contributed by atoms with Gasteiger partial charge in [-0.2, -0.15) is 5.10 Å². The Hall–Kier alpha value is -3.80. The molecule has 0 spiro atoms. The normalized spacial score (nSPS) is 11.0. The summed E-state index contributed by atoms with van der Waals surface area (Å²) in [7, 11) is 0. The molecule has 0 fully saturated rings. The summed E-state index contributed by atoms with van der Waals surface area (Å²) in [4.78, 5) is 23.8. The van der Waals surface area contributed by atoms with Gasteiger partial charge in [-0.25, -0.2) is 9.82 Å². The van der Waals surface area contributed by atoms with Gasteiger partial charge in [0.2, 0.25) is 0 Å². The van der Waals surface area contributed by atoms with Crippen molar-refractivity contribution in [1.29, 1.82) is 0 Å². The number of halogens is 1. The number of hydrogen-bond acceptors (Lipinski definition) is 3. The highest BCUT2D eigenvalue weighted by Gasteiger charge is 2.08. The number of hydrogen-bond donors (Lipinski definition) is 2. The van der Waals surface area contributed by atoms with Gasteiger partial charge >= 0.3 is 0 Å². The third-order valence-corrected chi connectivity index (χ3v) is 4.25. The summed E-state index contributed by atoms with van der Waals surface area (Å²) in [6, 6.07) is 23.1. The van der Waals surface area contributed by atoms with Crippen molar-refractivity contribution in [3.63, 3.8) is 0 Å². The maximum absolute atomic E-state index is 13.1. The first-order valence-corrected chi connectivity index (χ1v) is 9.05. The van der Waals surface area contributed by atoms with Gasteiger partial charge in [0.05, 0.1) is 12.3 Å². The molecule has 3 aromatic rings. The molecule has 0 aliphatic heterocycles. The first-order chi connectivity index (χ1) is 14.0. The fourth-order valence-electron chi connectivity index (χ4n) is 2.68. The monoisotopic (exact) mass is 389 g/mol. The zero-order chi connectivity index (χ0) is 20.6. The predicted octanol–water partition coefficient (Wildman–Crippen LogP) is 3.76. The highest BCUT2D eigenvalue weighted by molar-refractivity contribution is 6.00. The molecular formula is C23H20FN3O2. The number of carbonyl (C=O) groups is 2. The Kier molecular flexibility index (Phi) is 6.47. The number of rotatable bonds is 6. The number of nitrogens with zero attached hydrogens (tertiary/aromatic N) is 1. The van der Waals surface area contributed by atoms with Crippen LogP contribution in [0.1, 0.15) is 22.8 Å². The number of benzene rings is 3. The van der Waals surface area contributed by atoms with Crippen LogP contribution in [0.15, 0.2) is 84.0 Å². The minimum Gasteiger partial charge on any atom is -0.343 e. The zero-order valence-corrected chi connectivity index (χ0v) is 15.9. The summed E-state index contributed by atoms with van der Waals surface area (Å²) in [5, 5.41) is 6.50. The van der Waals surface area contributed by atoms with Gasteiger partial charge in [-0.3, -0.25) is 9.59 Å². The average molecular weight is 389 g/mol. The number of amides is 2. The lowest BCUT2D eigenvalue weighted by Gasteiger charge is -2.06. The maximum Gasteiger partial charge on any atom is 0.259 e. The lowest BCUT2D eigenvalue weighted by atomic mass is 10.0. The van der Waals surface area contributed by atoms with E-state index in [-0.39, 0.29) is 12.1 Å². The van der Waals surface area contributed by atoms with E-state index in [0.717, 1.165) is 22.8 Å². The van der Waals surface area contributed by atoms with Gasteiger partial charge in [-0.05, 0) is 41.8 Å². The molecule has 5 nitrogen and oxygen atoms in total. The van der Waals surface area contributed by atoms with Crippen LogP contribution in [0.2, 0.25) is 0 Å². The van der Waals surface area contributed by atoms with Crippen molar-refractivity contribution in [2.45, 2.75) is 6.92 Å². The van der Waals surface area contributed by atoms with E-state index in [2.05, 4.69) is 15.8 Å². The van der Waals surface area contributed by atoms with E-state index in [1.165, 1.54) is 18.2 Å². The van der Waals surface area contributed by atoms with Crippen molar-refractivity contribution in [2.75, 3.05) is 6.54 Å². The molecule has 6 heteroatoms. The second kappa shape index (κ2) is 9.41. The van der Waals surface area contributed by atoms with E-state index in [1.807, 2.05) is 54.6 Å². The van der Waals surface area contributed by atoms with Crippen molar-refractivity contribution in [1.82, 2.24) is 10.7 Å². The van der Waals surface area contributed by atoms with E-state index in [1.54, 1.807) is 6.92 Å². The first-order valence-electron chi connectivity index (χ1n) is 9.05. The predicted molar refractivity (Wildman–Crippen MR) is 111 cm³/mol. The van der Waals surface area contributed by atoms with Crippen molar-refractivity contribution in [3.05, 3.63) is 95.8 Å². The Morgan fingerprint density at radius 2 is 1.55 bits per heavy atom. The lowest BCUT2D eigenvalue weighted by molar-refractivity contribution is -0.120. The van der Waals surface area contributed by atoms with Gasteiger partial charge < -0.3 is 5.32 Å². The Labute approximate surface area is 168 Å². The quantitative estimate of drug-likeness (QED) is 0.498. The van der Waals surface area contributed by atoms with Crippen molar-refractivity contribution in [2.24, 2.45) is 5.10 Å². The first kappa shape index (κ1) is 19.9. The highest BCUT2D eigenvalue weighted by atomic mass is 19.1. The Morgan fingerprint density at radius 3 is 2.24 bits per heavy atom. The Bertz CT molecular complexity index is 1030. The minimum atomic E-state index is -0.531. The molecule has 3 aromatic carbocycles. The molecule has 0 radical (unpaired) electrons. The van der Waals surface area contributed by atoms with E-state index < -0.39 is 17.6 Å². The molecule has 0 unspecified atom stereocenters. The summed E-state index contributed by atoms with van der Waals surface area (Å²) in [6.07, 6.45) is 0. The summed E-state index contributed by atoms with van der Waals surface area (Å²) in [6.45, 7) is 1.52. The van der Waals surface area contributed by atoms with E-state index in [4.69, 9.17) is 0 Å². The number of carbonyl (C=O) groups excluding carboxylic acids is 2. The van der Waals surface area contributed by atoms with Crippen LogP contribution < -0.4 is 10.7 Å². The maximum atomic E-state index is 13.1. The molecule has 29 heavy (non-hydrogen) atoms. The minimum absolute atomic E-state index is 0.149. The molecule has 0 saturated heterocycles. The molecular weight excluding hydrogens is 369 g/mol. The summed E-state index contributed by atoms with van der Waals surface area (Å²) in [5.41, 5.74) is 6.27. The third-order valence-electron chi connectivity index (χ3n) is 4.25. The van der Waals surface area contributed by atoms with Gasteiger partial charge in [0.25, 0.3) is 11.8 Å². The standard InChI is InChI=1S/C23H20FN3O2/c1-16(17-10-12-19(13-11-17)18-6-3-2-4-7-18)26-27-22(28)15-25-23(29)20-8-5-9-21(24)14-20/h2-14H,15H2,1H3,(H,25,29)(H,27,28)/b26-16-. The highest BCUT2D eigenvalue weighted by Crippen LogP contribution is 2.19. The molecule has 2 amide bonds. The summed E-state index contributed by atoms with van der Waals surface area (Å²) >= 11 is 0. The second-order valence-electron chi connectivity index (χ2n) is 6.37. The molecule has 3 rings (SSSR count). The summed E-state index contributed by atoms with van der Waals surface area (Å²) in [5.74, 6) is -1.52. The largest absolute Gasteiger partial charge is 0.343 e. The molecule has 146 valence electrons. The van der Waals surface area contributed by atoms with Gasteiger partial charge in [0, 0.05) is 5.56 Å². The third kappa shape index (κ3) is 5.59. The fraction of sp³-hybridized carbons (Fsp3) is 0.0870. The van der Waals surface area contributed by atoms with Gasteiger partial charge in [0.15, 0.2) is 0 Å². The van der Waals surface area contributed by atoms with Crippen LogP contribution in [-0.4, -0.2) is 24.1 Å². The molecule has 0 bridgehead atoms. The van der Waals surface area contributed by atoms with Crippen LogP contribution in [0.5, 0.6) is 0 Å². The van der Waals surface area contributed by atoms with Crippen molar-refractivity contribution in [3.8, 4) is 11.1 Å². The van der Waals surface area contributed by atoms with E-state index in [9.17, 15) is 14.0 Å². The zero-order valence-electron chi connectivity index (χ0n) is 15.9. The van der Waals surface area contributed by atoms with Crippen LogP contribution in [-0.2, 0) is 4.79 Å². The van der Waals surface area contributed by atoms with Crippen LogP contribution in [0, 0.1) is 5.82 Å². The van der Waals surface area contributed by atoms with Crippen molar-refractivity contribution < 1.29 is 14.0 Å². The van der Waals surface area contributed by atoms with Gasteiger partial charge in [0.1, 0.15) is 5.82 Å². The van der Waals surface area contributed by atoms with Crippen LogP contribution in [0.25, 0.3) is 11.1 Å². The molecule has 0 aromatic heterocycles. The SMILES string of the molecule is C/C(=N/NC(=O)CNC(=O)c1cccc(F)c1)c1ccc(-c2ccccc2)cc1. The van der Waals surface area contributed by atoms with Gasteiger partial charge in [-0.1, -0.05) is 60.7 Å². The fourth-order valence-corrected chi connectivity index (χ4v) is 2.68. The number of hydrazone groups is 1. The second-order valence-corrected chi connectivity index (χ2v) is 6.37. The van der Waals surface area contributed by atoms with E-state index >= 15 is 0 Å². The molecule has 0 heterocycles. The molecule has 2 N–H and O–H groups in total. The topological polar surface area (TPSA) is 70.6 Å². The Morgan fingerprint density at radius 1 is 0.862 bits per heavy atom. The summed E-state index contributed by atoms with van der Waals surface area (Å²) < 4.78 is 13.1. The Balaban J connectivity index is 1.53. The average Bonchev–Trinajstić information content (AvgIpc) is 2.76. The van der Waals surface area contributed by atoms with Crippen LogP contribution in [0.4, 0.5) is 4.39 Å². The van der Waals surface area contributed by atoms with Crippen LogP contribution in [0.3, 0.4) is 0 Å². The molecule has 0 aliphatic rings. The van der Waals surface area contributed by atoms with Crippen molar-refractivity contribution >= 4 is 17.5 Å².